The zero-order valence-electron chi connectivity index (χ0n) is 9.91. The number of hydrogen-bond acceptors (Lipinski definition) is 6. The lowest BCUT2D eigenvalue weighted by Crippen LogP contribution is -2.07. The van der Waals surface area contributed by atoms with Crippen LogP contribution in [0.25, 0.3) is 0 Å². The molecule has 0 unspecified atom stereocenters. The standard InChI is InChI=1S/C11H14N6O/c12-10-9(6-1-2-6)17(16-14-10)5-8-13-11(15-18-8)7-3-4-7/h6-7H,1-5,12H2. The van der Waals surface area contributed by atoms with Gasteiger partial charge in [0.25, 0.3) is 0 Å². The summed E-state index contributed by atoms with van der Waals surface area (Å²) in [5.74, 6) is 2.95. The molecule has 2 aromatic rings. The summed E-state index contributed by atoms with van der Waals surface area (Å²) in [6.07, 6.45) is 4.66. The van der Waals surface area contributed by atoms with Crippen LogP contribution in [0.1, 0.15) is 54.9 Å². The molecule has 2 fully saturated rings. The molecule has 94 valence electrons. The summed E-state index contributed by atoms with van der Waals surface area (Å²) in [7, 11) is 0. The van der Waals surface area contributed by atoms with Crippen molar-refractivity contribution in [1.29, 1.82) is 0 Å². The minimum Gasteiger partial charge on any atom is -0.381 e. The molecule has 0 saturated heterocycles. The summed E-state index contributed by atoms with van der Waals surface area (Å²) in [4.78, 5) is 4.39. The third kappa shape index (κ3) is 1.66. The smallest absolute Gasteiger partial charge is 0.248 e. The first kappa shape index (κ1) is 10.0. The molecule has 7 heteroatoms. The number of nitrogens with two attached hydrogens (primary N) is 1. The Morgan fingerprint density at radius 1 is 1.22 bits per heavy atom. The fraction of sp³-hybridized carbons (Fsp3) is 0.636. The molecule has 2 N–H and O–H groups in total. The molecule has 0 bridgehead atoms. The van der Waals surface area contributed by atoms with Crippen molar-refractivity contribution in [1.82, 2.24) is 25.1 Å². The highest BCUT2D eigenvalue weighted by Gasteiger charge is 2.32. The highest BCUT2D eigenvalue weighted by molar-refractivity contribution is 5.38. The highest BCUT2D eigenvalue weighted by Crippen LogP contribution is 2.42. The molecule has 2 aliphatic carbocycles. The molecule has 2 aliphatic rings. The SMILES string of the molecule is Nc1nnn(Cc2nc(C3CC3)no2)c1C1CC1. The van der Waals surface area contributed by atoms with Gasteiger partial charge in [-0.3, -0.25) is 0 Å². The van der Waals surface area contributed by atoms with E-state index in [1.807, 2.05) is 0 Å². The van der Waals surface area contributed by atoms with Gasteiger partial charge in [-0.05, 0) is 25.7 Å². The van der Waals surface area contributed by atoms with E-state index in [0.717, 1.165) is 24.4 Å². The number of anilines is 1. The summed E-state index contributed by atoms with van der Waals surface area (Å²) < 4.78 is 7.03. The molecule has 0 aromatic carbocycles. The first-order chi connectivity index (χ1) is 8.81. The van der Waals surface area contributed by atoms with Gasteiger partial charge in [0.05, 0.1) is 5.69 Å². The van der Waals surface area contributed by atoms with E-state index in [9.17, 15) is 0 Å². The monoisotopic (exact) mass is 246 g/mol. The lowest BCUT2D eigenvalue weighted by atomic mass is 10.3. The van der Waals surface area contributed by atoms with Crippen LogP contribution in [0, 0.1) is 0 Å². The average molecular weight is 246 g/mol. The van der Waals surface area contributed by atoms with Crippen LogP contribution in [-0.2, 0) is 6.54 Å². The quantitative estimate of drug-likeness (QED) is 0.866. The summed E-state index contributed by atoms with van der Waals surface area (Å²) in [5.41, 5.74) is 6.85. The largest absolute Gasteiger partial charge is 0.381 e. The van der Waals surface area contributed by atoms with Crippen LogP contribution in [-0.4, -0.2) is 25.1 Å². The highest BCUT2D eigenvalue weighted by atomic mass is 16.5. The molecule has 0 aliphatic heterocycles. The van der Waals surface area contributed by atoms with Gasteiger partial charge >= 0.3 is 0 Å². The molecule has 2 aromatic heterocycles. The Bertz CT molecular complexity index is 580. The molecule has 2 heterocycles. The van der Waals surface area contributed by atoms with E-state index >= 15 is 0 Å². The maximum atomic E-state index is 5.84. The van der Waals surface area contributed by atoms with Crippen LogP contribution in [0.15, 0.2) is 4.52 Å². The van der Waals surface area contributed by atoms with Crippen molar-refractivity contribution in [2.75, 3.05) is 5.73 Å². The van der Waals surface area contributed by atoms with E-state index < -0.39 is 0 Å². The second-order valence-corrected chi connectivity index (χ2v) is 5.11. The second-order valence-electron chi connectivity index (χ2n) is 5.11. The fourth-order valence-corrected chi connectivity index (χ4v) is 2.19. The number of nitrogen functional groups attached to an aromatic ring is 1. The predicted molar refractivity (Wildman–Crippen MR) is 61.8 cm³/mol. The summed E-state index contributed by atoms with van der Waals surface area (Å²) in [6, 6.07) is 0. The first-order valence-electron chi connectivity index (χ1n) is 6.32. The van der Waals surface area contributed by atoms with Gasteiger partial charge in [0.2, 0.25) is 5.89 Å². The lowest BCUT2D eigenvalue weighted by molar-refractivity contribution is 0.358. The normalized spacial score (nSPS) is 19.3. The topological polar surface area (TPSA) is 95.7 Å². The van der Waals surface area contributed by atoms with Gasteiger partial charge < -0.3 is 10.3 Å². The first-order valence-corrected chi connectivity index (χ1v) is 6.32. The molecule has 4 rings (SSSR count). The Morgan fingerprint density at radius 2 is 2.00 bits per heavy atom. The molecule has 0 radical (unpaired) electrons. The average Bonchev–Trinajstić information content (AvgIpc) is 3.28. The zero-order chi connectivity index (χ0) is 12.1. The number of hydrogen-bond donors (Lipinski definition) is 1. The number of nitrogens with zero attached hydrogens (tertiary/aromatic N) is 5. The van der Waals surface area contributed by atoms with Gasteiger partial charge in [-0.15, -0.1) is 5.10 Å². The van der Waals surface area contributed by atoms with Gasteiger partial charge in [-0.2, -0.15) is 4.98 Å². The summed E-state index contributed by atoms with van der Waals surface area (Å²) >= 11 is 0. The molecule has 0 amide bonds. The van der Waals surface area contributed by atoms with E-state index in [4.69, 9.17) is 10.3 Å². The van der Waals surface area contributed by atoms with Crippen LogP contribution in [0.4, 0.5) is 5.82 Å². The number of rotatable bonds is 4. The van der Waals surface area contributed by atoms with Gasteiger partial charge in [0.15, 0.2) is 11.6 Å². The third-order valence-corrected chi connectivity index (χ3v) is 3.48. The molecular formula is C11H14N6O. The van der Waals surface area contributed by atoms with Crippen LogP contribution in [0.3, 0.4) is 0 Å². The van der Waals surface area contributed by atoms with Crippen LogP contribution >= 0.6 is 0 Å². The van der Waals surface area contributed by atoms with Crippen molar-refractivity contribution in [3.8, 4) is 0 Å². The Hall–Kier alpha value is -1.92. The van der Waals surface area contributed by atoms with Crippen LogP contribution in [0.2, 0.25) is 0 Å². The van der Waals surface area contributed by atoms with Gasteiger partial charge in [0.1, 0.15) is 6.54 Å². The van der Waals surface area contributed by atoms with Crippen molar-refractivity contribution in [2.24, 2.45) is 0 Å². The number of aromatic nitrogens is 5. The van der Waals surface area contributed by atoms with E-state index in [0.29, 0.717) is 30.1 Å². The van der Waals surface area contributed by atoms with E-state index in [-0.39, 0.29) is 0 Å². The summed E-state index contributed by atoms with van der Waals surface area (Å²) in [5, 5.41) is 12.0. The molecule has 0 atom stereocenters. The van der Waals surface area contributed by atoms with Gasteiger partial charge in [0, 0.05) is 11.8 Å². The lowest BCUT2D eigenvalue weighted by Gasteiger charge is -2.01. The van der Waals surface area contributed by atoms with E-state index in [1.54, 1.807) is 4.68 Å². The molecular weight excluding hydrogens is 232 g/mol. The van der Waals surface area contributed by atoms with Gasteiger partial charge in [-0.25, -0.2) is 4.68 Å². The van der Waals surface area contributed by atoms with Crippen molar-refractivity contribution in [2.45, 2.75) is 44.1 Å². The van der Waals surface area contributed by atoms with Crippen molar-refractivity contribution < 1.29 is 4.52 Å². The van der Waals surface area contributed by atoms with Crippen molar-refractivity contribution >= 4 is 5.82 Å². The maximum Gasteiger partial charge on any atom is 0.248 e. The van der Waals surface area contributed by atoms with E-state index in [2.05, 4.69) is 20.5 Å². The van der Waals surface area contributed by atoms with E-state index in [1.165, 1.54) is 12.8 Å². The zero-order valence-corrected chi connectivity index (χ0v) is 9.91. The van der Waals surface area contributed by atoms with Crippen LogP contribution in [0.5, 0.6) is 0 Å². The fourth-order valence-electron chi connectivity index (χ4n) is 2.19. The van der Waals surface area contributed by atoms with Crippen LogP contribution < -0.4 is 5.73 Å². The van der Waals surface area contributed by atoms with Crippen molar-refractivity contribution in [3.63, 3.8) is 0 Å². The minimum atomic E-state index is 0.468. The molecule has 7 nitrogen and oxygen atoms in total. The Balaban J connectivity index is 1.59. The molecule has 0 spiro atoms. The Labute approximate surface area is 103 Å². The maximum absolute atomic E-state index is 5.84. The second kappa shape index (κ2) is 3.54. The molecule has 18 heavy (non-hydrogen) atoms. The third-order valence-electron chi connectivity index (χ3n) is 3.48. The van der Waals surface area contributed by atoms with Gasteiger partial charge in [-0.1, -0.05) is 10.4 Å². The Kier molecular flexibility index (Phi) is 1.97. The van der Waals surface area contributed by atoms with Crippen molar-refractivity contribution in [3.05, 3.63) is 17.4 Å². The minimum absolute atomic E-state index is 0.468. The summed E-state index contributed by atoms with van der Waals surface area (Å²) in [6.45, 7) is 0.468. The predicted octanol–water partition coefficient (Wildman–Crippen LogP) is 1.05. The molecule has 2 saturated carbocycles. The Morgan fingerprint density at radius 3 is 2.72 bits per heavy atom.